The number of halogens is 2. The maximum absolute atomic E-state index is 13.5. The fourth-order valence-electron chi connectivity index (χ4n) is 3.29. The molecule has 6 nitrogen and oxygen atoms in total. The number of carbonyl (C=O) groups excluding carboxylic acids is 1. The molecule has 0 aliphatic rings. The fraction of sp³-hybridized carbons (Fsp3) is 0.364. The first kappa shape index (κ1) is 26.5. The van der Waals surface area contributed by atoms with Crippen LogP contribution in [0.25, 0.3) is 10.2 Å². The monoisotopic (exact) mass is 515 g/mol. The highest BCUT2D eigenvalue weighted by atomic mass is 35.5. The third-order valence-corrected chi connectivity index (χ3v) is 7.82. The van der Waals surface area contributed by atoms with Crippen LogP contribution in [-0.2, 0) is 9.84 Å². The van der Waals surface area contributed by atoms with Crippen molar-refractivity contribution in [2.75, 3.05) is 37.3 Å². The zero-order valence-corrected chi connectivity index (χ0v) is 21.7. The SMILES string of the molecule is CCN(CC)CCN(C(=O)c1cccc(S(C)(=O)=O)c1)c1nc2c(C)c(Cl)ccc2s1.Cl. The van der Waals surface area contributed by atoms with Crippen LogP contribution in [0.15, 0.2) is 41.3 Å². The Kier molecular flexibility index (Phi) is 9.07. The molecule has 0 spiro atoms. The van der Waals surface area contributed by atoms with Gasteiger partial charge in [-0.1, -0.05) is 42.9 Å². The molecule has 2 aromatic carbocycles. The van der Waals surface area contributed by atoms with Crippen LogP contribution < -0.4 is 4.90 Å². The van der Waals surface area contributed by atoms with Gasteiger partial charge >= 0.3 is 0 Å². The average Bonchev–Trinajstić information content (AvgIpc) is 3.18. The van der Waals surface area contributed by atoms with E-state index in [1.54, 1.807) is 17.0 Å². The van der Waals surface area contributed by atoms with Crippen molar-refractivity contribution in [2.45, 2.75) is 25.7 Å². The minimum Gasteiger partial charge on any atom is -0.302 e. The van der Waals surface area contributed by atoms with Gasteiger partial charge in [-0.25, -0.2) is 13.4 Å². The molecule has 3 rings (SSSR count). The number of hydrogen-bond acceptors (Lipinski definition) is 6. The number of carbonyl (C=O) groups is 1. The zero-order valence-electron chi connectivity index (χ0n) is 18.5. The molecule has 174 valence electrons. The number of amides is 1. The van der Waals surface area contributed by atoms with Crippen molar-refractivity contribution in [1.82, 2.24) is 9.88 Å². The molecule has 0 aliphatic carbocycles. The molecule has 32 heavy (non-hydrogen) atoms. The van der Waals surface area contributed by atoms with Gasteiger partial charge in [0.05, 0.1) is 15.1 Å². The van der Waals surface area contributed by atoms with Crippen LogP contribution in [0, 0.1) is 6.92 Å². The summed E-state index contributed by atoms with van der Waals surface area (Å²) in [6.45, 7) is 8.93. The maximum Gasteiger partial charge on any atom is 0.260 e. The summed E-state index contributed by atoms with van der Waals surface area (Å²) in [4.78, 5) is 22.2. The molecule has 0 radical (unpaired) electrons. The van der Waals surface area contributed by atoms with Gasteiger partial charge in [0.25, 0.3) is 5.91 Å². The maximum atomic E-state index is 13.5. The van der Waals surface area contributed by atoms with E-state index in [-0.39, 0.29) is 23.2 Å². The van der Waals surface area contributed by atoms with E-state index in [1.807, 2.05) is 19.1 Å². The molecule has 0 saturated carbocycles. The number of fused-ring (bicyclic) bond motifs is 1. The van der Waals surface area contributed by atoms with Crippen LogP contribution in [0.3, 0.4) is 0 Å². The Morgan fingerprint density at radius 1 is 1.12 bits per heavy atom. The van der Waals surface area contributed by atoms with Crippen molar-refractivity contribution in [3.63, 3.8) is 0 Å². The predicted molar refractivity (Wildman–Crippen MR) is 136 cm³/mol. The Hall–Kier alpha value is -1.71. The van der Waals surface area contributed by atoms with E-state index in [9.17, 15) is 13.2 Å². The first-order valence-electron chi connectivity index (χ1n) is 10.1. The van der Waals surface area contributed by atoms with E-state index in [0.29, 0.717) is 28.8 Å². The summed E-state index contributed by atoms with van der Waals surface area (Å²) >= 11 is 7.68. The molecule has 0 unspecified atom stereocenters. The fourth-order valence-corrected chi connectivity index (χ4v) is 5.15. The van der Waals surface area contributed by atoms with Gasteiger partial charge in [0.2, 0.25) is 0 Å². The minimum atomic E-state index is -3.42. The van der Waals surface area contributed by atoms with E-state index in [1.165, 1.54) is 23.5 Å². The number of aryl methyl sites for hydroxylation is 1. The molecule has 0 N–H and O–H groups in total. The van der Waals surface area contributed by atoms with E-state index in [0.717, 1.165) is 35.1 Å². The van der Waals surface area contributed by atoms with E-state index < -0.39 is 9.84 Å². The summed E-state index contributed by atoms with van der Waals surface area (Å²) in [5.74, 6) is -0.277. The molecular weight excluding hydrogens is 489 g/mol. The zero-order chi connectivity index (χ0) is 22.8. The first-order valence-corrected chi connectivity index (χ1v) is 13.1. The number of aromatic nitrogens is 1. The van der Waals surface area contributed by atoms with Gasteiger partial charge in [-0.2, -0.15) is 0 Å². The van der Waals surface area contributed by atoms with Gasteiger partial charge in [-0.05, 0) is 55.9 Å². The highest BCUT2D eigenvalue weighted by molar-refractivity contribution is 7.90. The number of anilines is 1. The summed E-state index contributed by atoms with van der Waals surface area (Å²) < 4.78 is 24.9. The molecule has 1 heterocycles. The number of likely N-dealkylation sites (N-methyl/N-ethyl adjacent to an activating group) is 1. The van der Waals surface area contributed by atoms with Crippen LogP contribution in [0.2, 0.25) is 5.02 Å². The van der Waals surface area contributed by atoms with E-state index in [2.05, 4.69) is 18.7 Å². The Morgan fingerprint density at radius 2 is 1.81 bits per heavy atom. The van der Waals surface area contributed by atoms with Crippen LogP contribution in [-0.4, -0.2) is 56.6 Å². The quantitative estimate of drug-likeness (QED) is 0.418. The molecule has 3 aromatic rings. The van der Waals surface area contributed by atoms with Gasteiger partial charge < -0.3 is 4.90 Å². The van der Waals surface area contributed by atoms with Gasteiger partial charge in [0.1, 0.15) is 0 Å². The van der Waals surface area contributed by atoms with Crippen molar-refractivity contribution < 1.29 is 13.2 Å². The summed E-state index contributed by atoms with van der Waals surface area (Å²) in [5, 5.41) is 1.20. The largest absolute Gasteiger partial charge is 0.302 e. The molecule has 1 amide bonds. The van der Waals surface area contributed by atoms with E-state index in [4.69, 9.17) is 16.6 Å². The number of hydrogen-bond donors (Lipinski definition) is 0. The second kappa shape index (κ2) is 10.9. The third-order valence-electron chi connectivity index (χ3n) is 5.26. The Balaban J connectivity index is 0.00000363. The number of thiazole rings is 1. The van der Waals surface area contributed by atoms with Crippen LogP contribution in [0.4, 0.5) is 5.13 Å². The van der Waals surface area contributed by atoms with Gasteiger partial charge in [0, 0.05) is 29.9 Å². The summed E-state index contributed by atoms with van der Waals surface area (Å²) in [7, 11) is -3.42. The molecule has 0 atom stereocenters. The van der Waals surface area contributed by atoms with Gasteiger partial charge in [0.15, 0.2) is 15.0 Å². The van der Waals surface area contributed by atoms with Crippen LogP contribution >= 0.6 is 35.3 Å². The lowest BCUT2D eigenvalue weighted by Gasteiger charge is -2.25. The molecule has 0 fully saturated rings. The second-order valence-electron chi connectivity index (χ2n) is 7.30. The van der Waals surface area contributed by atoms with Crippen molar-refractivity contribution in [2.24, 2.45) is 0 Å². The standard InChI is InChI=1S/C22H26ClN3O3S2.ClH/c1-5-25(6-2)12-13-26(21(27)16-8-7-9-17(14-16)31(4,28)29)22-24-20-15(3)18(23)10-11-19(20)30-22;/h7-11,14H,5-6,12-13H2,1-4H3;1H. The number of benzene rings is 2. The topological polar surface area (TPSA) is 70.6 Å². The van der Waals surface area contributed by atoms with Crippen LogP contribution in [0.5, 0.6) is 0 Å². The number of sulfone groups is 1. The average molecular weight is 517 g/mol. The van der Waals surface area contributed by atoms with Crippen LogP contribution in [0.1, 0.15) is 29.8 Å². The lowest BCUT2D eigenvalue weighted by atomic mass is 10.2. The number of nitrogens with zero attached hydrogens (tertiary/aromatic N) is 3. The van der Waals surface area contributed by atoms with Gasteiger partial charge in [-0.3, -0.25) is 9.69 Å². The summed E-state index contributed by atoms with van der Waals surface area (Å²) in [6.07, 6.45) is 1.13. The predicted octanol–water partition coefficient (Wildman–Crippen LogP) is 5.07. The molecule has 0 saturated heterocycles. The smallest absolute Gasteiger partial charge is 0.260 e. The van der Waals surface area contributed by atoms with Crippen molar-refractivity contribution in [3.05, 3.63) is 52.5 Å². The molecule has 1 aromatic heterocycles. The molecule has 10 heteroatoms. The second-order valence-corrected chi connectivity index (χ2v) is 10.7. The van der Waals surface area contributed by atoms with Crippen molar-refractivity contribution >= 4 is 66.4 Å². The van der Waals surface area contributed by atoms with Crippen molar-refractivity contribution in [3.8, 4) is 0 Å². The minimum absolute atomic E-state index is 0. The Bertz CT molecular complexity index is 1210. The van der Waals surface area contributed by atoms with Gasteiger partial charge in [-0.15, -0.1) is 12.4 Å². The van der Waals surface area contributed by atoms with Crippen molar-refractivity contribution in [1.29, 1.82) is 0 Å². The lowest BCUT2D eigenvalue weighted by Crippen LogP contribution is -2.39. The number of rotatable bonds is 8. The first-order chi connectivity index (χ1) is 14.7. The Labute approximate surface area is 204 Å². The normalized spacial score (nSPS) is 11.6. The highest BCUT2D eigenvalue weighted by Gasteiger charge is 2.23. The lowest BCUT2D eigenvalue weighted by molar-refractivity contribution is 0.0983. The highest BCUT2D eigenvalue weighted by Crippen LogP contribution is 2.34. The molecule has 0 aliphatic heterocycles. The Morgan fingerprint density at radius 3 is 2.44 bits per heavy atom. The molecular formula is C22H27Cl2N3O3S2. The third kappa shape index (κ3) is 5.80. The molecule has 0 bridgehead atoms. The van der Waals surface area contributed by atoms with E-state index >= 15 is 0 Å². The summed E-state index contributed by atoms with van der Waals surface area (Å²) in [6, 6.07) is 9.89. The summed E-state index contributed by atoms with van der Waals surface area (Å²) in [5.41, 5.74) is 1.96.